The summed E-state index contributed by atoms with van der Waals surface area (Å²) in [6.45, 7) is 0.740. The number of fused-ring (bicyclic) bond motifs is 6. The zero-order valence-corrected chi connectivity index (χ0v) is 16.7. The van der Waals surface area contributed by atoms with Gasteiger partial charge in [-0.25, -0.2) is 4.79 Å². The lowest BCUT2D eigenvalue weighted by atomic mass is 9.75. The lowest BCUT2D eigenvalue weighted by Crippen LogP contribution is -2.34. The molecule has 2 heterocycles. The van der Waals surface area contributed by atoms with E-state index in [-0.39, 0.29) is 11.5 Å². The molecule has 0 aromatic heterocycles. The summed E-state index contributed by atoms with van der Waals surface area (Å²) in [5.74, 6) is 0.489. The van der Waals surface area contributed by atoms with Gasteiger partial charge in [0, 0.05) is 29.8 Å². The summed E-state index contributed by atoms with van der Waals surface area (Å²) in [6, 6.07) is 15.3. The molecule has 0 saturated carbocycles. The summed E-state index contributed by atoms with van der Waals surface area (Å²) in [4.78, 5) is 14.9. The number of phenols is 2. The van der Waals surface area contributed by atoms with Gasteiger partial charge in [0.1, 0.15) is 23.0 Å². The van der Waals surface area contributed by atoms with Gasteiger partial charge in [-0.15, -0.1) is 0 Å². The Labute approximate surface area is 173 Å². The number of likely N-dealkylation sites (N-methyl/N-ethyl adjacent to an activating group) is 1. The van der Waals surface area contributed by atoms with Crippen molar-refractivity contribution in [3.8, 4) is 23.0 Å². The zero-order valence-electron chi connectivity index (χ0n) is 16.7. The van der Waals surface area contributed by atoms with Gasteiger partial charge in [-0.05, 0) is 50.3 Å². The highest BCUT2D eigenvalue weighted by Crippen LogP contribution is 2.58. The molecule has 0 saturated heterocycles. The molecule has 1 atom stereocenters. The largest absolute Gasteiger partial charge is 0.508 e. The van der Waals surface area contributed by atoms with Gasteiger partial charge >= 0.3 is 5.97 Å². The SMILES string of the molecule is CN(C)CCc1cc(O)cc2c1C1(OC(=O)c3ccccc31)c1ccc(O)cc1O2. The molecule has 0 bridgehead atoms. The number of carbonyl (C=O) groups excluding carboxylic acids is 1. The number of rotatable bonds is 3. The van der Waals surface area contributed by atoms with Crippen LogP contribution in [0.15, 0.2) is 54.6 Å². The lowest BCUT2D eigenvalue weighted by molar-refractivity contribution is 0.0221. The highest BCUT2D eigenvalue weighted by Gasteiger charge is 2.54. The first-order valence-corrected chi connectivity index (χ1v) is 9.75. The van der Waals surface area contributed by atoms with Gasteiger partial charge in [-0.2, -0.15) is 0 Å². The van der Waals surface area contributed by atoms with Crippen LogP contribution in [0.1, 0.15) is 32.6 Å². The minimum absolute atomic E-state index is 0.0398. The number of benzene rings is 3. The fraction of sp³-hybridized carbons (Fsp3) is 0.208. The Morgan fingerprint density at radius 2 is 1.70 bits per heavy atom. The van der Waals surface area contributed by atoms with E-state index in [1.807, 2.05) is 31.1 Å². The molecular weight excluding hydrogens is 382 g/mol. The molecule has 5 rings (SSSR count). The molecule has 3 aromatic carbocycles. The Morgan fingerprint density at radius 3 is 2.50 bits per heavy atom. The van der Waals surface area contributed by atoms with Crippen molar-refractivity contribution in [2.45, 2.75) is 12.0 Å². The highest BCUT2D eigenvalue weighted by molar-refractivity contribution is 5.97. The van der Waals surface area contributed by atoms with Crippen molar-refractivity contribution in [3.63, 3.8) is 0 Å². The lowest BCUT2D eigenvalue weighted by Gasteiger charge is -2.38. The Bertz CT molecular complexity index is 1190. The number of phenolic OH excluding ortho intramolecular Hbond substituents is 2. The van der Waals surface area contributed by atoms with Crippen molar-refractivity contribution in [2.75, 3.05) is 20.6 Å². The molecule has 0 aliphatic carbocycles. The molecule has 0 fully saturated rings. The normalized spacial score (nSPS) is 18.6. The Kier molecular flexibility index (Phi) is 4.01. The van der Waals surface area contributed by atoms with E-state index < -0.39 is 11.6 Å². The molecule has 0 radical (unpaired) electrons. The first-order valence-electron chi connectivity index (χ1n) is 9.75. The summed E-state index contributed by atoms with van der Waals surface area (Å²) in [6.07, 6.45) is 0.627. The van der Waals surface area contributed by atoms with Crippen LogP contribution in [0.5, 0.6) is 23.0 Å². The third kappa shape index (κ3) is 2.57. The van der Waals surface area contributed by atoms with Crippen LogP contribution in [0.4, 0.5) is 0 Å². The quantitative estimate of drug-likeness (QED) is 0.648. The molecule has 2 aliphatic rings. The van der Waals surface area contributed by atoms with Crippen molar-refractivity contribution < 1.29 is 24.5 Å². The van der Waals surface area contributed by atoms with Crippen molar-refractivity contribution in [1.29, 1.82) is 0 Å². The third-order valence-electron chi connectivity index (χ3n) is 5.69. The van der Waals surface area contributed by atoms with Crippen molar-refractivity contribution >= 4 is 5.97 Å². The van der Waals surface area contributed by atoms with Crippen LogP contribution in [-0.2, 0) is 16.8 Å². The van der Waals surface area contributed by atoms with Crippen molar-refractivity contribution in [3.05, 3.63) is 82.4 Å². The summed E-state index contributed by atoms with van der Waals surface area (Å²) >= 11 is 0. The summed E-state index contributed by atoms with van der Waals surface area (Å²) in [5, 5.41) is 20.4. The number of hydrogen-bond donors (Lipinski definition) is 2. The monoisotopic (exact) mass is 403 g/mol. The van der Waals surface area contributed by atoms with Gasteiger partial charge in [0.15, 0.2) is 5.60 Å². The summed E-state index contributed by atoms with van der Waals surface area (Å²) in [5.41, 5.74) is 2.20. The average molecular weight is 403 g/mol. The standard InChI is InChI=1S/C24H21NO5/c1-25(2)10-9-14-11-16(27)13-21-22(14)24(19-8-7-15(26)12-20(19)29-21)18-6-4-3-5-17(18)23(28)30-24/h3-8,11-13,26-27H,9-10H2,1-2H3. The number of aromatic hydroxyl groups is 2. The molecule has 2 N–H and O–H groups in total. The molecule has 2 aliphatic heterocycles. The minimum atomic E-state index is -1.21. The van der Waals surface area contributed by atoms with E-state index in [4.69, 9.17) is 9.47 Å². The topological polar surface area (TPSA) is 79.2 Å². The first kappa shape index (κ1) is 18.5. The fourth-order valence-corrected chi connectivity index (χ4v) is 4.42. The van der Waals surface area contributed by atoms with Crippen LogP contribution in [0, 0.1) is 0 Å². The molecule has 1 unspecified atom stereocenters. The van der Waals surface area contributed by atoms with Crippen LogP contribution in [0.25, 0.3) is 0 Å². The van der Waals surface area contributed by atoms with Gasteiger partial charge in [0.05, 0.1) is 11.1 Å². The summed E-state index contributed by atoms with van der Waals surface area (Å²) in [7, 11) is 3.95. The van der Waals surface area contributed by atoms with E-state index in [0.29, 0.717) is 34.6 Å². The second-order valence-electron chi connectivity index (χ2n) is 7.93. The van der Waals surface area contributed by atoms with Crippen molar-refractivity contribution in [1.82, 2.24) is 4.90 Å². The second-order valence-corrected chi connectivity index (χ2v) is 7.93. The van der Waals surface area contributed by atoms with E-state index in [1.54, 1.807) is 30.3 Å². The third-order valence-corrected chi connectivity index (χ3v) is 5.69. The predicted octanol–water partition coefficient (Wildman–Crippen LogP) is 3.77. The van der Waals surface area contributed by atoms with Crippen LogP contribution in [0.3, 0.4) is 0 Å². The smallest absolute Gasteiger partial charge is 0.340 e. The van der Waals surface area contributed by atoms with E-state index >= 15 is 0 Å². The molecular formula is C24H21NO5. The van der Waals surface area contributed by atoms with Crippen LogP contribution in [-0.4, -0.2) is 41.7 Å². The molecule has 152 valence electrons. The average Bonchev–Trinajstić information content (AvgIpc) is 2.99. The number of esters is 1. The van der Waals surface area contributed by atoms with E-state index in [0.717, 1.165) is 17.7 Å². The second kappa shape index (κ2) is 6.50. The summed E-state index contributed by atoms with van der Waals surface area (Å²) < 4.78 is 12.2. The molecule has 1 spiro atoms. The van der Waals surface area contributed by atoms with E-state index in [2.05, 4.69) is 0 Å². The van der Waals surface area contributed by atoms with Crippen LogP contribution in [0.2, 0.25) is 0 Å². The number of carbonyl (C=O) groups is 1. The van der Waals surface area contributed by atoms with Gasteiger partial charge in [0.25, 0.3) is 0 Å². The Balaban J connectivity index is 1.85. The van der Waals surface area contributed by atoms with Crippen molar-refractivity contribution in [2.24, 2.45) is 0 Å². The van der Waals surface area contributed by atoms with Gasteiger partial charge in [-0.1, -0.05) is 18.2 Å². The molecule has 3 aromatic rings. The minimum Gasteiger partial charge on any atom is -0.508 e. The van der Waals surface area contributed by atoms with Gasteiger partial charge < -0.3 is 24.6 Å². The molecule has 6 heteroatoms. The van der Waals surface area contributed by atoms with Gasteiger partial charge in [-0.3, -0.25) is 0 Å². The Morgan fingerprint density at radius 1 is 0.933 bits per heavy atom. The maximum Gasteiger partial charge on any atom is 0.340 e. The maximum absolute atomic E-state index is 12.9. The zero-order chi connectivity index (χ0) is 21.0. The maximum atomic E-state index is 12.9. The van der Waals surface area contributed by atoms with Crippen LogP contribution >= 0.6 is 0 Å². The van der Waals surface area contributed by atoms with Crippen LogP contribution < -0.4 is 4.74 Å². The first-order chi connectivity index (χ1) is 14.4. The Hall–Kier alpha value is -3.51. The highest BCUT2D eigenvalue weighted by atomic mass is 16.6. The number of hydrogen-bond acceptors (Lipinski definition) is 6. The predicted molar refractivity (Wildman–Crippen MR) is 110 cm³/mol. The molecule has 0 amide bonds. The number of ether oxygens (including phenoxy) is 2. The van der Waals surface area contributed by atoms with E-state index in [9.17, 15) is 15.0 Å². The van der Waals surface area contributed by atoms with E-state index in [1.165, 1.54) is 12.1 Å². The fourth-order valence-electron chi connectivity index (χ4n) is 4.42. The molecule has 30 heavy (non-hydrogen) atoms. The van der Waals surface area contributed by atoms with Gasteiger partial charge in [0.2, 0.25) is 0 Å². The molecule has 6 nitrogen and oxygen atoms in total. The number of nitrogens with zero attached hydrogens (tertiary/aromatic N) is 1.